The van der Waals surface area contributed by atoms with E-state index < -0.39 is 23.8 Å². The molecule has 3 heterocycles. The Morgan fingerprint density at radius 3 is 2.64 bits per heavy atom. The summed E-state index contributed by atoms with van der Waals surface area (Å²) in [5, 5.41) is 0. The van der Waals surface area contributed by atoms with Crippen LogP contribution in [0.4, 0.5) is 0 Å². The second-order valence-corrected chi connectivity index (χ2v) is 7.42. The molecule has 4 fully saturated rings. The minimum absolute atomic E-state index is 0.0393. The first-order valence-corrected chi connectivity index (χ1v) is 8.76. The van der Waals surface area contributed by atoms with Crippen LogP contribution in [0.5, 0.6) is 0 Å². The van der Waals surface area contributed by atoms with E-state index in [9.17, 15) is 14.4 Å². The molecular weight excluding hydrogens is 324 g/mol. The van der Waals surface area contributed by atoms with Gasteiger partial charge in [0.25, 0.3) is 0 Å². The lowest BCUT2D eigenvalue weighted by atomic mass is 9.75. The zero-order chi connectivity index (χ0) is 17.1. The molecule has 1 aromatic carbocycles. The summed E-state index contributed by atoms with van der Waals surface area (Å²) in [4.78, 5) is 35.8. The van der Waals surface area contributed by atoms with E-state index in [4.69, 9.17) is 14.2 Å². The van der Waals surface area contributed by atoms with E-state index in [1.54, 1.807) is 0 Å². The molecule has 0 N–H and O–H groups in total. The molecule has 3 aliphatic heterocycles. The van der Waals surface area contributed by atoms with Gasteiger partial charge in [-0.05, 0) is 24.3 Å². The van der Waals surface area contributed by atoms with Crippen LogP contribution in [0.1, 0.15) is 24.3 Å². The highest BCUT2D eigenvalue weighted by atomic mass is 16.6. The topological polar surface area (TPSA) is 78.9 Å². The molecule has 6 nitrogen and oxygen atoms in total. The number of hydrogen-bond donors (Lipinski definition) is 0. The van der Waals surface area contributed by atoms with Crippen LogP contribution >= 0.6 is 0 Å². The Balaban J connectivity index is 1.18. The quantitative estimate of drug-likeness (QED) is 0.608. The monoisotopic (exact) mass is 342 g/mol. The van der Waals surface area contributed by atoms with Crippen LogP contribution in [0.25, 0.3) is 0 Å². The molecule has 5 rings (SSSR count). The molecule has 6 heteroatoms. The normalized spacial score (nSPS) is 40.7. The summed E-state index contributed by atoms with van der Waals surface area (Å²) in [6.45, 7) is 0.239. The highest BCUT2D eigenvalue weighted by Gasteiger charge is 2.64. The minimum Gasteiger partial charge on any atom is -0.465 e. The van der Waals surface area contributed by atoms with Crippen LogP contribution in [-0.4, -0.2) is 36.7 Å². The Kier molecular flexibility index (Phi) is 3.25. The molecule has 7 atom stereocenters. The van der Waals surface area contributed by atoms with Crippen LogP contribution in [0, 0.1) is 23.7 Å². The molecule has 0 amide bonds. The van der Waals surface area contributed by atoms with Gasteiger partial charge in [-0.2, -0.15) is 0 Å². The first-order valence-electron chi connectivity index (χ1n) is 8.76. The third kappa shape index (κ3) is 2.31. The molecule has 2 bridgehead atoms. The van der Waals surface area contributed by atoms with Crippen molar-refractivity contribution >= 4 is 17.9 Å². The van der Waals surface area contributed by atoms with Crippen LogP contribution < -0.4 is 0 Å². The van der Waals surface area contributed by atoms with Crippen molar-refractivity contribution in [1.29, 1.82) is 0 Å². The molecule has 3 saturated heterocycles. The fourth-order valence-electron chi connectivity index (χ4n) is 4.64. The minimum atomic E-state index is -0.520. The highest BCUT2D eigenvalue weighted by Crippen LogP contribution is 2.51. The maximum Gasteiger partial charge on any atom is 0.320 e. The summed E-state index contributed by atoms with van der Waals surface area (Å²) >= 11 is 0. The molecule has 25 heavy (non-hydrogen) atoms. The molecule has 0 aromatic heterocycles. The first kappa shape index (κ1) is 15.1. The maximum absolute atomic E-state index is 12.3. The number of esters is 3. The third-order valence-electron chi connectivity index (χ3n) is 5.98. The number of rotatable bonds is 4. The van der Waals surface area contributed by atoms with E-state index in [0.29, 0.717) is 6.42 Å². The number of hydrogen-bond acceptors (Lipinski definition) is 6. The molecule has 1 aromatic rings. The van der Waals surface area contributed by atoms with E-state index in [1.807, 2.05) is 30.3 Å². The largest absolute Gasteiger partial charge is 0.465 e. The fraction of sp³-hybridized carbons (Fsp3) is 0.526. The van der Waals surface area contributed by atoms with Gasteiger partial charge < -0.3 is 14.2 Å². The summed E-state index contributed by atoms with van der Waals surface area (Å²) in [5.41, 5.74) is 1.17. The number of fused-ring (bicyclic) bond motifs is 5. The summed E-state index contributed by atoms with van der Waals surface area (Å²) < 4.78 is 16.0. The van der Waals surface area contributed by atoms with Gasteiger partial charge in [0.05, 0.1) is 36.6 Å². The van der Waals surface area contributed by atoms with Crippen molar-refractivity contribution in [2.45, 2.75) is 31.0 Å². The predicted molar refractivity (Wildman–Crippen MR) is 83.1 cm³/mol. The Labute approximate surface area is 144 Å². The van der Waals surface area contributed by atoms with Crippen LogP contribution in [-0.2, 0) is 28.6 Å². The molecular formula is C19H18O6. The van der Waals surface area contributed by atoms with Gasteiger partial charge >= 0.3 is 17.9 Å². The smallest absolute Gasteiger partial charge is 0.320 e. The summed E-state index contributed by atoms with van der Waals surface area (Å²) in [7, 11) is 0. The van der Waals surface area contributed by atoms with Crippen molar-refractivity contribution in [1.82, 2.24) is 0 Å². The van der Waals surface area contributed by atoms with Gasteiger partial charge in [0, 0.05) is 5.92 Å². The zero-order valence-corrected chi connectivity index (χ0v) is 13.5. The number of carbonyl (C=O) groups is 3. The van der Waals surface area contributed by atoms with Crippen molar-refractivity contribution < 1.29 is 28.6 Å². The van der Waals surface area contributed by atoms with Gasteiger partial charge in [0.1, 0.15) is 0 Å². The Hall–Kier alpha value is -2.21. The van der Waals surface area contributed by atoms with E-state index in [0.717, 1.165) is 6.42 Å². The Morgan fingerprint density at radius 2 is 1.84 bits per heavy atom. The molecule has 130 valence electrons. The number of cyclic esters (lactones) is 2. The fourth-order valence-corrected chi connectivity index (χ4v) is 4.64. The maximum atomic E-state index is 12.3. The highest BCUT2D eigenvalue weighted by molar-refractivity contribution is 5.98. The Bertz CT molecular complexity index is 744. The standard InChI is InChI=1S/C19H18O6/c20-17(12-7-11(12)9-4-2-1-3-5-9)23-8-10-6-13-14-15(16(10)24-13)19(22)25-18(14)21/h1-5,10-16H,6-8H2/t10-,11+,12-,13+,14+,15+,16-/m1/s1. The second-order valence-electron chi connectivity index (χ2n) is 7.42. The molecule has 1 saturated carbocycles. The van der Waals surface area contributed by atoms with Crippen molar-refractivity contribution in [3.05, 3.63) is 35.9 Å². The summed E-state index contributed by atoms with van der Waals surface area (Å²) in [6.07, 6.45) is 0.803. The zero-order valence-electron chi connectivity index (χ0n) is 13.5. The van der Waals surface area contributed by atoms with Crippen molar-refractivity contribution in [3.8, 4) is 0 Å². The van der Waals surface area contributed by atoms with Crippen LogP contribution in [0.3, 0.4) is 0 Å². The lowest BCUT2D eigenvalue weighted by Gasteiger charge is -2.23. The van der Waals surface area contributed by atoms with E-state index in [1.165, 1.54) is 5.56 Å². The van der Waals surface area contributed by atoms with Crippen molar-refractivity contribution in [3.63, 3.8) is 0 Å². The molecule has 1 aliphatic carbocycles. The third-order valence-corrected chi connectivity index (χ3v) is 5.98. The number of ether oxygens (including phenoxy) is 3. The molecule has 0 spiro atoms. The SMILES string of the molecule is O=C1OC(=O)[C@@H]2[C@H]1[C@@H]1O[C@H]2C[C@@H]1COC(=O)[C@@H]1C[C@H]1c1ccccc1. The van der Waals surface area contributed by atoms with Crippen LogP contribution in [0.15, 0.2) is 30.3 Å². The van der Waals surface area contributed by atoms with Gasteiger partial charge in [0.2, 0.25) is 0 Å². The lowest BCUT2D eigenvalue weighted by Crippen LogP contribution is -2.37. The van der Waals surface area contributed by atoms with E-state index in [2.05, 4.69) is 0 Å². The van der Waals surface area contributed by atoms with Gasteiger partial charge in [0.15, 0.2) is 0 Å². The molecule has 4 aliphatic rings. The van der Waals surface area contributed by atoms with E-state index >= 15 is 0 Å². The summed E-state index contributed by atoms with van der Waals surface area (Å²) in [6, 6.07) is 9.97. The van der Waals surface area contributed by atoms with Gasteiger partial charge in [-0.25, -0.2) is 0 Å². The first-order chi connectivity index (χ1) is 12.1. The summed E-state index contributed by atoms with van der Waals surface area (Å²) in [5.74, 6) is -2.00. The predicted octanol–water partition coefficient (Wildman–Crippen LogP) is 1.44. The Morgan fingerprint density at radius 1 is 1.08 bits per heavy atom. The lowest BCUT2D eigenvalue weighted by molar-refractivity contribution is -0.156. The number of carbonyl (C=O) groups excluding carboxylic acids is 3. The van der Waals surface area contributed by atoms with Crippen LogP contribution in [0.2, 0.25) is 0 Å². The van der Waals surface area contributed by atoms with E-state index in [-0.39, 0.29) is 42.5 Å². The van der Waals surface area contributed by atoms with Gasteiger partial charge in [-0.1, -0.05) is 30.3 Å². The average Bonchev–Trinajstić information content (AvgIpc) is 3.06. The van der Waals surface area contributed by atoms with Crippen molar-refractivity contribution in [2.24, 2.45) is 23.7 Å². The van der Waals surface area contributed by atoms with Gasteiger partial charge in [-0.15, -0.1) is 0 Å². The molecule has 0 unspecified atom stereocenters. The van der Waals surface area contributed by atoms with Gasteiger partial charge in [-0.3, -0.25) is 14.4 Å². The second kappa shape index (κ2) is 5.39. The molecule has 0 radical (unpaired) electrons. The average molecular weight is 342 g/mol. The number of benzene rings is 1. The van der Waals surface area contributed by atoms with Crippen molar-refractivity contribution in [2.75, 3.05) is 6.61 Å².